The lowest BCUT2D eigenvalue weighted by atomic mass is 9.99. The average Bonchev–Trinajstić information content (AvgIpc) is 3.17. The third-order valence-electron chi connectivity index (χ3n) is 5.04. The monoisotopic (exact) mass is 475 g/mol. The van der Waals surface area contributed by atoms with Gasteiger partial charge in [0, 0.05) is 30.4 Å². The highest BCUT2D eigenvalue weighted by atomic mass is 19.4. The molecule has 13 heteroatoms. The van der Waals surface area contributed by atoms with Crippen molar-refractivity contribution in [3.63, 3.8) is 0 Å². The Balaban J connectivity index is 1.65. The molecule has 1 aliphatic rings. The Bertz CT molecular complexity index is 1040. The highest BCUT2D eigenvalue weighted by molar-refractivity contribution is 5.93. The van der Waals surface area contributed by atoms with Crippen molar-refractivity contribution in [2.45, 2.75) is 37.5 Å². The Labute approximate surface area is 185 Å². The van der Waals surface area contributed by atoms with Gasteiger partial charge in [0.05, 0.1) is 13.7 Å². The molecule has 0 radical (unpaired) electrons. The minimum absolute atomic E-state index is 0.0359. The van der Waals surface area contributed by atoms with Crippen LogP contribution in [-0.4, -0.2) is 65.3 Å². The topological polar surface area (TPSA) is 101 Å². The quantitative estimate of drug-likeness (QED) is 0.324. The number of ether oxygens (including phenoxy) is 1. The summed E-state index contributed by atoms with van der Waals surface area (Å²) in [6, 6.07) is 3.02. The molecular weight excluding hydrogens is 453 g/mol. The predicted molar refractivity (Wildman–Crippen MR) is 109 cm³/mol. The van der Waals surface area contributed by atoms with Crippen molar-refractivity contribution in [1.29, 1.82) is 0 Å². The lowest BCUT2D eigenvalue weighted by Gasteiger charge is -2.35. The number of fused-ring (bicyclic) bond motifs is 1. The summed E-state index contributed by atoms with van der Waals surface area (Å²) in [5, 5.41) is 18.9. The second kappa shape index (κ2) is 9.24. The van der Waals surface area contributed by atoms with Crippen LogP contribution in [0.1, 0.15) is 35.4 Å². The van der Waals surface area contributed by atoms with Gasteiger partial charge in [-0.05, 0) is 25.5 Å². The van der Waals surface area contributed by atoms with Gasteiger partial charge in [0.25, 0.3) is 5.91 Å². The second-order valence-corrected chi connectivity index (χ2v) is 7.47. The van der Waals surface area contributed by atoms with Gasteiger partial charge >= 0.3 is 12.1 Å². The molecule has 0 spiro atoms. The molecule has 3 rings (SSSR count). The van der Waals surface area contributed by atoms with E-state index in [1.165, 1.54) is 20.2 Å². The predicted octanol–water partition coefficient (Wildman–Crippen LogP) is 3.39. The SMILES string of the molecule is COc1cccc(C=NCCNC(=O)c2cc3n(n2)[C@H](C(F)(F)C(F)(F)F)C[C@@H](C)N3)c1O. The Morgan fingerprint density at radius 1 is 1.39 bits per heavy atom. The van der Waals surface area contributed by atoms with Crippen LogP contribution < -0.4 is 15.4 Å². The molecule has 3 N–H and O–H groups in total. The van der Waals surface area contributed by atoms with Crippen LogP contribution in [0.5, 0.6) is 11.5 Å². The lowest BCUT2D eigenvalue weighted by Crippen LogP contribution is -2.48. The van der Waals surface area contributed by atoms with Crippen LogP contribution >= 0.6 is 0 Å². The fraction of sp³-hybridized carbons (Fsp3) is 0.450. The fourth-order valence-electron chi connectivity index (χ4n) is 3.38. The molecule has 0 fully saturated rings. The molecule has 2 aromatic rings. The van der Waals surface area contributed by atoms with E-state index in [0.29, 0.717) is 10.2 Å². The minimum Gasteiger partial charge on any atom is -0.504 e. The van der Waals surface area contributed by atoms with Gasteiger partial charge in [-0.2, -0.15) is 27.1 Å². The summed E-state index contributed by atoms with van der Waals surface area (Å²) >= 11 is 0. The van der Waals surface area contributed by atoms with E-state index in [4.69, 9.17) is 4.74 Å². The van der Waals surface area contributed by atoms with Crippen molar-refractivity contribution in [1.82, 2.24) is 15.1 Å². The third-order valence-corrected chi connectivity index (χ3v) is 5.04. The number of hydrogen-bond acceptors (Lipinski definition) is 6. The molecule has 1 aromatic carbocycles. The number of aromatic nitrogens is 2. The number of nitrogens with one attached hydrogen (secondary N) is 2. The molecule has 8 nitrogen and oxygen atoms in total. The van der Waals surface area contributed by atoms with Crippen LogP contribution in [0, 0.1) is 0 Å². The van der Waals surface area contributed by atoms with Crippen molar-refractivity contribution in [2.75, 3.05) is 25.5 Å². The minimum atomic E-state index is -5.75. The van der Waals surface area contributed by atoms with Crippen LogP contribution in [0.15, 0.2) is 29.3 Å². The first kappa shape index (κ1) is 24.3. The van der Waals surface area contributed by atoms with Gasteiger partial charge in [-0.15, -0.1) is 0 Å². The largest absolute Gasteiger partial charge is 0.504 e. The number of carbonyl (C=O) groups excluding carboxylic acids is 1. The number of phenols is 1. The van der Waals surface area contributed by atoms with E-state index in [2.05, 4.69) is 20.7 Å². The van der Waals surface area contributed by atoms with E-state index in [1.54, 1.807) is 18.2 Å². The first-order chi connectivity index (χ1) is 15.5. The molecule has 1 aliphatic heterocycles. The molecule has 0 bridgehead atoms. The molecule has 0 aliphatic carbocycles. The van der Waals surface area contributed by atoms with Gasteiger partial charge in [0.1, 0.15) is 11.9 Å². The zero-order valence-corrected chi connectivity index (χ0v) is 17.7. The number of aliphatic imine (C=N–C) groups is 1. The van der Waals surface area contributed by atoms with Gasteiger partial charge in [-0.1, -0.05) is 6.07 Å². The maximum absolute atomic E-state index is 14.0. The number of anilines is 1. The van der Waals surface area contributed by atoms with Crippen LogP contribution in [-0.2, 0) is 0 Å². The molecular formula is C20H22F5N5O3. The number of aromatic hydroxyl groups is 1. The van der Waals surface area contributed by atoms with E-state index < -0.39 is 36.5 Å². The molecule has 0 saturated heterocycles. The number of amides is 1. The van der Waals surface area contributed by atoms with Gasteiger partial charge in [-0.25, -0.2) is 4.68 Å². The van der Waals surface area contributed by atoms with E-state index in [-0.39, 0.29) is 36.1 Å². The van der Waals surface area contributed by atoms with Gasteiger partial charge in [0.2, 0.25) is 0 Å². The summed E-state index contributed by atoms with van der Waals surface area (Å²) in [5.41, 5.74) is 0.100. The first-order valence-corrected chi connectivity index (χ1v) is 9.90. The van der Waals surface area contributed by atoms with E-state index in [9.17, 15) is 31.9 Å². The van der Waals surface area contributed by atoms with Crippen molar-refractivity contribution in [2.24, 2.45) is 4.99 Å². The molecule has 1 aromatic heterocycles. The van der Waals surface area contributed by atoms with E-state index >= 15 is 0 Å². The van der Waals surface area contributed by atoms with Gasteiger partial charge in [-0.3, -0.25) is 9.79 Å². The molecule has 0 unspecified atom stereocenters. The molecule has 2 atom stereocenters. The number of hydrogen-bond donors (Lipinski definition) is 3. The fourth-order valence-corrected chi connectivity index (χ4v) is 3.38. The van der Waals surface area contributed by atoms with Crippen LogP contribution in [0.4, 0.5) is 27.8 Å². The van der Waals surface area contributed by atoms with E-state index in [0.717, 1.165) is 6.07 Å². The Hall–Kier alpha value is -3.38. The summed E-state index contributed by atoms with van der Waals surface area (Å²) in [6.45, 7) is 1.61. The summed E-state index contributed by atoms with van der Waals surface area (Å²) in [4.78, 5) is 16.4. The molecule has 0 saturated carbocycles. The molecule has 33 heavy (non-hydrogen) atoms. The van der Waals surface area contributed by atoms with E-state index in [1.807, 2.05) is 0 Å². The highest BCUT2D eigenvalue weighted by Gasteiger charge is 2.64. The molecule has 180 valence electrons. The van der Waals surface area contributed by atoms with Crippen LogP contribution in [0.3, 0.4) is 0 Å². The Kier molecular flexibility index (Phi) is 6.79. The maximum Gasteiger partial charge on any atom is 0.455 e. The number of methoxy groups -OCH3 is 1. The summed E-state index contributed by atoms with van der Waals surface area (Å²) in [5.74, 6) is -5.69. The first-order valence-electron chi connectivity index (χ1n) is 9.90. The smallest absolute Gasteiger partial charge is 0.455 e. The Morgan fingerprint density at radius 3 is 2.79 bits per heavy atom. The van der Waals surface area contributed by atoms with Crippen molar-refractivity contribution in [3.8, 4) is 11.5 Å². The zero-order valence-electron chi connectivity index (χ0n) is 17.7. The van der Waals surface area contributed by atoms with Gasteiger partial charge < -0.3 is 20.5 Å². The normalized spacial score (nSPS) is 18.6. The second-order valence-electron chi connectivity index (χ2n) is 7.47. The number of carbonyl (C=O) groups is 1. The Morgan fingerprint density at radius 2 is 2.12 bits per heavy atom. The van der Waals surface area contributed by atoms with Crippen molar-refractivity contribution < 1.29 is 36.6 Å². The number of benzene rings is 1. The summed E-state index contributed by atoms with van der Waals surface area (Å²) < 4.78 is 72.3. The van der Waals surface area contributed by atoms with Crippen molar-refractivity contribution in [3.05, 3.63) is 35.5 Å². The summed E-state index contributed by atoms with van der Waals surface area (Å²) in [6.07, 6.45) is -4.89. The van der Waals surface area contributed by atoms with Crippen LogP contribution in [0.25, 0.3) is 0 Å². The number of alkyl halides is 5. The number of phenolic OH excluding ortho intramolecular Hbond substituents is 1. The third kappa shape index (κ3) is 5.01. The maximum atomic E-state index is 14.0. The van der Waals surface area contributed by atoms with Crippen LogP contribution in [0.2, 0.25) is 0 Å². The highest BCUT2D eigenvalue weighted by Crippen LogP contribution is 2.47. The number of para-hydroxylation sites is 1. The number of rotatable bonds is 7. The average molecular weight is 475 g/mol. The standard InChI is InChI=1S/C20H22F5N5O3/c1-11-8-15(19(21,22)20(23,24)25)30-16(28-11)9-13(29-30)18(32)27-7-6-26-10-12-4-3-5-14(33-2)17(12)31/h3-5,9-11,15,28,31H,6-8H2,1-2H3,(H,27,32)/t11-,15+/m1/s1. The molecule has 2 heterocycles. The van der Waals surface area contributed by atoms with Crippen molar-refractivity contribution >= 4 is 17.9 Å². The lowest BCUT2D eigenvalue weighted by molar-refractivity contribution is -0.301. The molecule has 1 amide bonds. The number of nitrogens with zero attached hydrogens (tertiary/aromatic N) is 3. The summed E-state index contributed by atoms with van der Waals surface area (Å²) in [7, 11) is 1.40. The zero-order chi connectivity index (χ0) is 24.4. The number of halogens is 5. The van der Waals surface area contributed by atoms with Gasteiger partial charge in [0.15, 0.2) is 17.2 Å².